The first-order valence-corrected chi connectivity index (χ1v) is 7.60. The second-order valence-corrected chi connectivity index (χ2v) is 7.29. The summed E-state index contributed by atoms with van der Waals surface area (Å²) in [5.74, 6) is 1.85. The molecule has 112 valence electrons. The maximum atomic E-state index is 12.0. The molecule has 1 aromatic heterocycles. The molecule has 3 rings (SSSR count). The van der Waals surface area contributed by atoms with Crippen LogP contribution in [0.15, 0.2) is 18.2 Å². The molecule has 1 aliphatic carbocycles. The number of aromatic nitrogens is 2. The summed E-state index contributed by atoms with van der Waals surface area (Å²) in [5, 5.41) is 2.98. The van der Waals surface area contributed by atoms with Gasteiger partial charge in [0.2, 0.25) is 5.91 Å². The molecule has 21 heavy (non-hydrogen) atoms. The number of hydrogen-bond acceptors (Lipinski definition) is 2. The van der Waals surface area contributed by atoms with E-state index in [1.54, 1.807) is 0 Å². The minimum absolute atomic E-state index is 0.00166. The van der Waals surface area contributed by atoms with Gasteiger partial charge in [-0.1, -0.05) is 20.8 Å². The minimum atomic E-state index is -0.00166. The first-order valence-electron chi connectivity index (χ1n) is 7.60. The summed E-state index contributed by atoms with van der Waals surface area (Å²) in [6.45, 7) is 6.20. The number of imidazole rings is 1. The zero-order valence-corrected chi connectivity index (χ0v) is 13.2. The summed E-state index contributed by atoms with van der Waals surface area (Å²) in [6.07, 6.45) is 3.00. The van der Waals surface area contributed by atoms with Gasteiger partial charge >= 0.3 is 0 Å². The van der Waals surface area contributed by atoms with E-state index in [2.05, 4.69) is 37.7 Å². The number of aryl methyl sites for hydroxylation is 1. The topological polar surface area (TPSA) is 46.9 Å². The van der Waals surface area contributed by atoms with Crippen LogP contribution in [0.3, 0.4) is 0 Å². The highest BCUT2D eigenvalue weighted by atomic mass is 16.1. The highest BCUT2D eigenvalue weighted by Crippen LogP contribution is 2.40. The van der Waals surface area contributed by atoms with E-state index in [0.717, 1.165) is 16.7 Å². The molecule has 1 aromatic carbocycles. The van der Waals surface area contributed by atoms with Crippen LogP contribution in [-0.4, -0.2) is 15.5 Å². The van der Waals surface area contributed by atoms with Crippen molar-refractivity contribution in [3.63, 3.8) is 0 Å². The van der Waals surface area contributed by atoms with Gasteiger partial charge in [0, 0.05) is 25.1 Å². The summed E-state index contributed by atoms with van der Waals surface area (Å²) in [7, 11) is 2.07. The highest BCUT2D eigenvalue weighted by Gasteiger charge is 2.28. The fourth-order valence-corrected chi connectivity index (χ4v) is 2.69. The van der Waals surface area contributed by atoms with Crippen LogP contribution in [0.25, 0.3) is 11.0 Å². The smallest absolute Gasteiger partial charge is 0.224 e. The Hall–Kier alpha value is -1.84. The van der Waals surface area contributed by atoms with Gasteiger partial charge in [-0.05, 0) is 36.5 Å². The molecule has 1 amide bonds. The van der Waals surface area contributed by atoms with Crippen molar-refractivity contribution in [1.29, 1.82) is 0 Å². The van der Waals surface area contributed by atoms with Gasteiger partial charge < -0.3 is 9.88 Å². The summed E-state index contributed by atoms with van der Waals surface area (Å²) in [6, 6.07) is 5.98. The summed E-state index contributed by atoms with van der Waals surface area (Å²) in [4.78, 5) is 16.7. The van der Waals surface area contributed by atoms with Crippen LogP contribution in [0.4, 0.5) is 5.69 Å². The summed E-state index contributed by atoms with van der Waals surface area (Å²) < 4.78 is 2.17. The lowest BCUT2D eigenvalue weighted by molar-refractivity contribution is -0.117. The third kappa shape index (κ3) is 3.09. The molecule has 2 aromatic rings. The van der Waals surface area contributed by atoms with Gasteiger partial charge in [0.25, 0.3) is 0 Å². The monoisotopic (exact) mass is 285 g/mol. The van der Waals surface area contributed by atoms with Crippen molar-refractivity contribution in [2.45, 2.75) is 46.0 Å². The third-order valence-corrected chi connectivity index (χ3v) is 3.83. The summed E-state index contributed by atoms with van der Waals surface area (Å²) >= 11 is 0. The van der Waals surface area contributed by atoms with E-state index < -0.39 is 0 Å². The highest BCUT2D eigenvalue weighted by molar-refractivity contribution is 5.93. The molecule has 1 aliphatic rings. The van der Waals surface area contributed by atoms with Gasteiger partial charge in [0.15, 0.2) is 0 Å². The average Bonchev–Trinajstić information content (AvgIpc) is 3.13. The zero-order chi connectivity index (χ0) is 15.2. The van der Waals surface area contributed by atoms with Crippen molar-refractivity contribution in [3.8, 4) is 0 Å². The second kappa shape index (κ2) is 4.86. The number of carbonyl (C=O) groups is 1. The lowest BCUT2D eigenvalue weighted by Gasteiger charge is -2.17. The molecule has 1 heterocycles. The molecule has 0 spiro atoms. The van der Waals surface area contributed by atoms with E-state index in [1.807, 2.05) is 18.2 Å². The molecule has 0 saturated heterocycles. The lowest BCUT2D eigenvalue weighted by Crippen LogP contribution is -2.19. The first kappa shape index (κ1) is 14.1. The fourth-order valence-electron chi connectivity index (χ4n) is 2.69. The van der Waals surface area contributed by atoms with Crippen LogP contribution < -0.4 is 5.32 Å². The van der Waals surface area contributed by atoms with Crippen molar-refractivity contribution < 1.29 is 4.79 Å². The van der Waals surface area contributed by atoms with E-state index in [-0.39, 0.29) is 11.3 Å². The van der Waals surface area contributed by atoms with Gasteiger partial charge in [0.1, 0.15) is 5.82 Å². The predicted molar refractivity (Wildman–Crippen MR) is 85.4 cm³/mol. The molecule has 1 fully saturated rings. The van der Waals surface area contributed by atoms with Crippen LogP contribution in [0.5, 0.6) is 0 Å². The number of fused-ring (bicyclic) bond motifs is 1. The van der Waals surface area contributed by atoms with Gasteiger partial charge in [-0.3, -0.25) is 4.79 Å². The number of carbonyl (C=O) groups excluding carboxylic acids is 1. The largest absolute Gasteiger partial charge is 0.331 e. The Kier molecular flexibility index (Phi) is 3.27. The predicted octanol–water partition coefficient (Wildman–Crippen LogP) is 3.83. The molecule has 0 bridgehead atoms. The number of nitrogens with one attached hydrogen (secondary N) is 1. The molecule has 0 atom stereocenters. The number of benzene rings is 1. The molecule has 4 heteroatoms. The molecule has 0 aliphatic heterocycles. The molecular weight excluding hydrogens is 262 g/mol. The van der Waals surface area contributed by atoms with E-state index in [0.29, 0.717) is 12.3 Å². The van der Waals surface area contributed by atoms with Crippen molar-refractivity contribution in [3.05, 3.63) is 24.0 Å². The maximum Gasteiger partial charge on any atom is 0.224 e. The Morgan fingerprint density at radius 1 is 1.38 bits per heavy atom. The minimum Gasteiger partial charge on any atom is -0.331 e. The second-order valence-electron chi connectivity index (χ2n) is 7.29. The van der Waals surface area contributed by atoms with Crippen LogP contribution in [-0.2, 0) is 11.8 Å². The van der Waals surface area contributed by atoms with E-state index in [1.165, 1.54) is 18.7 Å². The van der Waals surface area contributed by atoms with Crippen LogP contribution in [0, 0.1) is 5.41 Å². The standard InChI is InChI=1S/C17H23N3O/c1-17(2,3)10-15(21)18-12-7-8-14-13(9-12)19-16(20(14)4)11-5-6-11/h7-9,11H,5-6,10H2,1-4H3,(H,18,21). The number of hydrogen-bond donors (Lipinski definition) is 1. The van der Waals surface area contributed by atoms with Gasteiger partial charge in [-0.2, -0.15) is 0 Å². The Morgan fingerprint density at radius 3 is 2.71 bits per heavy atom. The van der Waals surface area contributed by atoms with Crippen molar-refractivity contribution in [2.24, 2.45) is 12.5 Å². The quantitative estimate of drug-likeness (QED) is 0.931. The van der Waals surface area contributed by atoms with Crippen molar-refractivity contribution >= 4 is 22.6 Å². The number of rotatable bonds is 3. The van der Waals surface area contributed by atoms with Crippen molar-refractivity contribution in [1.82, 2.24) is 9.55 Å². The maximum absolute atomic E-state index is 12.0. The van der Waals surface area contributed by atoms with E-state index in [4.69, 9.17) is 4.98 Å². The third-order valence-electron chi connectivity index (χ3n) is 3.83. The molecule has 1 saturated carbocycles. The molecule has 0 radical (unpaired) electrons. The van der Waals surface area contributed by atoms with Crippen LogP contribution in [0.2, 0.25) is 0 Å². The number of amides is 1. The normalized spacial score (nSPS) is 15.4. The average molecular weight is 285 g/mol. The van der Waals surface area contributed by atoms with Gasteiger partial charge in [-0.25, -0.2) is 4.98 Å². The molecule has 0 unspecified atom stereocenters. The Morgan fingerprint density at radius 2 is 2.10 bits per heavy atom. The number of anilines is 1. The lowest BCUT2D eigenvalue weighted by atomic mass is 9.92. The SMILES string of the molecule is Cn1c(C2CC2)nc2cc(NC(=O)CC(C)(C)C)ccc21. The van der Waals surface area contributed by atoms with Gasteiger partial charge in [0.05, 0.1) is 11.0 Å². The molecule has 1 N–H and O–H groups in total. The Balaban J connectivity index is 1.82. The van der Waals surface area contributed by atoms with Crippen LogP contribution >= 0.6 is 0 Å². The zero-order valence-electron chi connectivity index (χ0n) is 13.2. The first-order chi connectivity index (χ1) is 9.83. The van der Waals surface area contributed by atoms with Gasteiger partial charge in [-0.15, -0.1) is 0 Å². The van der Waals surface area contributed by atoms with Crippen molar-refractivity contribution in [2.75, 3.05) is 5.32 Å². The molecule has 4 nitrogen and oxygen atoms in total. The van der Waals surface area contributed by atoms with E-state index in [9.17, 15) is 4.79 Å². The Labute approximate surface area is 125 Å². The number of nitrogens with zero attached hydrogens (tertiary/aromatic N) is 2. The Bertz CT molecular complexity index is 690. The summed E-state index contributed by atoms with van der Waals surface area (Å²) in [5.41, 5.74) is 2.93. The molecular formula is C17H23N3O. The fraction of sp³-hybridized carbons (Fsp3) is 0.529. The van der Waals surface area contributed by atoms with Crippen LogP contribution in [0.1, 0.15) is 51.8 Å². The van der Waals surface area contributed by atoms with E-state index >= 15 is 0 Å².